The third-order valence-electron chi connectivity index (χ3n) is 4.80. The van der Waals surface area contributed by atoms with Gasteiger partial charge in [0.1, 0.15) is 5.69 Å². The van der Waals surface area contributed by atoms with Crippen LogP contribution in [0.2, 0.25) is 0 Å². The van der Waals surface area contributed by atoms with E-state index in [1.807, 2.05) is 10.7 Å². The summed E-state index contributed by atoms with van der Waals surface area (Å²) in [7, 11) is 0. The van der Waals surface area contributed by atoms with Gasteiger partial charge < -0.3 is 10.1 Å². The average molecular weight is 348 g/mol. The molecule has 1 saturated carbocycles. The lowest BCUT2D eigenvalue weighted by Crippen LogP contribution is -2.48. The molecule has 1 aliphatic heterocycles. The second kappa shape index (κ2) is 7.08. The number of nitrogens with one attached hydrogen (secondary N) is 1. The molecule has 1 aromatic heterocycles. The quantitative estimate of drug-likeness (QED) is 0.887. The Morgan fingerprint density at radius 1 is 1.28 bits per heavy atom. The third kappa shape index (κ3) is 4.61. The summed E-state index contributed by atoms with van der Waals surface area (Å²) >= 11 is 0. The predicted octanol–water partition coefficient (Wildman–Crippen LogP) is 2.35. The van der Waals surface area contributed by atoms with Crippen LogP contribution < -0.4 is 5.32 Å². The Labute approximate surface area is 150 Å². The maximum atomic E-state index is 12.7. The minimum atomic E-state index is -0.200. The maximum absolute atomic E-state index is 12.7. The van der Waals surface area contributed by atoms with Crippen molar-refractivity contribution >= 4 is 5.91 Å². The van der Waals surface area contributed by atoms with Gasteiger partial charge in [0.15, 0.2) is 0 Å². The first-order chi connectivity index (χ1) is 11.7. The molecule has 2 fully saturated rings. The Morgan fingerprint density at radius 3 is 2.48 bits per heavy atom. The van der Waals surface area contributed by atoms with Crippen LogP contribution in [0.25, 0.3) is 0 Å². The molecular formula is C19H32N4O2. The molecule has 0 unspecified atom stereocenters. The van der Waals surface area contributed by atoms with Crippen molar-refractivity contribution in [3.63, 3.8) is 0 Å². The molecule has 2 atom stereocenters. The molecule has 0 bridgehead atoms. The molecule has 25 heavy (non-hydrogen) atoms. The van der Waals surface area contributed by atoms with Gasteiger partial charge in [0, 0.05) is 32.1 Å². The van der Waals surface area contributed by atoms with Gasteiger partial charge in [0.25, 0.3) is 5.91 Å². The first-order valence-corrected chi connectivity index (χ1v) is 9.50. The fourth-order valence-electron chi connectivity index (χ4n) is 3.54. The highest BCUT2D eigenvalue weighted by Gasteiger charge is 2.31. The summed E-state index contributed by atoms with van der Waals surface area (Å²) in [4.78, 5) is 15.1. The molecule has 2 heterocycles. The van der Waals surface area contributed by atoms with Crippen LogP contribution in [0.15, 0.2) is 6.07 Å². The molecule has 6 nitrogen and oxygen atoms in total. The van der Waals surface area contributed by atoms with Crippen molar-refractivity contribution in [1.29, 1.82) is 0 Å². The number of ether oxygens (including phenoxy) is 1. The number of carbonyl (C=O) groups excluding carboxylic acids is 1. The van der Waals surface area contributed by atoms with Gasteiger partial charge in [-0.2, -0.15) is 5.10 Å². The Balaban J connectivity index is 1.59. The Hall–Kier alpha value is -1.40. The lowest BCUT2D eigenvalue weighted by molar-refractivity contribution is -0.0672. The van der Waals surface area contributed by atoms with E-state index >= 15 is 0 Å². The van der Waals surface area contributed by atoms with E-state index in [4.69, 9.17) is 9.84 Å². The van der Waals surface area contributed by atoms with Gasteiger partial charge in [-0.05, 0) is 53.5 Å². The zero-order chi connectivity index (χ0) is 18.2. The Bertz CT molecular complexity index is 605. The smallest absolute Gasteiger partial charge is 0.269 e. The second-order valence-corrected chi connectivity index (χ2v) is 8.58. The van der Waals surface area contributed by atoms with Crippen molar-refractivity contribution in [3.8, 4) is 0 Å². The van der Waals surface area contributed by atoms with E-state index < -0.39 is 0 Å². The summed E-state index contributed by atoms with van der Waals surface area (Å²) in [5.41, 5.74) is 1.54. The van der Waals surface area contributed by atoms with Crippen LogP contribution in [-0.4, -0.2) is 59.0 Å². The molecular weight excluding hydrogens is 316 g/mol. The molecule has 1 aromatic rings. The maximum Gasteiger partial charge on any atom is 0.269 e. The predicted molar refractivity (Wildman–Crippen MR) is 98.0 cm³/mol. The minimum absolute atomic E-state index is 0.0244. The summed E-state index contributed by atoms with van der Waals surface area (Å²) < 4.78 is 7.64. The average Bonchev–Trinajstić information content (AvgIpc) is 3.23. The fraction of sp³-hybridized carbons (Fsp3) is 0.789. The van der Waals surface area contributed by atoms with Crippen LogP contribution in [0.3, 0.4) is 0 Å². The first kappa shape index (κ1) is 18.4. The second-order valence-electron chi connectivity index (χ2n) is 8.58. The number of morpholine rings is 1. The molecule has 140 valence electrons. The van der Waals surface area contributed by atoms with Crippen LogP contribution in [0, 0.1) is 0 Å². The molecule has 1 aliphatic carbocycles. The number of aromatic nitrogens is 2. The molecule has 0 radical (unpaired) electrons. The van der Waals surface area contributed by atoms with Crippen molar-refractivity contribution < 1.29 is 9.53 Å². The Morgan fingerprint density at radius 2 is 1.92 bits per heavy atom. The fourth-order valence-corrected chi connectivity index (χ4v) is 3.54. The highest BCUT2D eigenvalue weighted by molar-refractivity contribution is 5.92. The van der Waals surface area contributed by atoms with Crippen LogP contribution >= 0.6 is 0 Å². The van der Waals surface area contributed by atoms with Crippen molar-refractivity contribution in [2.75, 3.05) is 26.2 Å². The molecule has 1 saturated heterocycles. The van der Waals surface area contributed by atoms with Gasteiger partial charge in [-0.1, -0.05) is 0 Å². The summed E-state index contributed by atoms with van der Waals surface area (Å²) in [6.07, 6.45) is 2.89. The number of hydrogen-bond donors (Lipinski definition) is 1. The van der Waals surface area contributed by atoms with Gasteiger partial charge in [-0.3, -0.25) is 14.4 Å². The molecule has 6 heteroatoms. The number of amides is 1. The van der Waals surface area contributed by atoms with Crippen molar-refractivity contribution in [2.24, 2.45) is 0 Å². The van der Waals surface area contributed by atoms with Crippen LogP contribution in [0.4, 0.5) is 0 Å². The number of nitrogens with zero attached hydrogens (tertiary/aromatic N) is 3. The number of rotatable bonds is 5. The van der Waals surface area contributed by atoms with E-state index in [2.05, 4.69) is 44.8 Å². The van der Waals surface area contributed by atoms with Gasteiger partial charge in [0.2, 0.25) is 0 Å². The number of carbonyl (C=O) groups is 1. The minimum Gasteiger partial charge on any atom is -0.373 e. The lowest BCUT2D eigenvalue weighted by atomic mass is 10.1. The molecule has 0 aromatic carbocycles. The summed E-state index contributed by atoms with van der Waals surface area (Å²) in [6.45, 7) is 13.8. The zero-order valence-corrected chi connectivity index (χ0v) is 16.2. The van der Waals surface area contributed by atoms with Crippen molar-refractivity contribution in [1.82, 2.24) is 20.0 Å². The van der Waals surface area contributed by atoms with Crippen LogP contribution in [-0.2, 0) is 10.3 Å². The molecule has 3 rings (SSSR count). The van der Waals surface area contributed by atoms with Crippen molar-refractivity contribution in [3.05, 3.63) is 17.5 Å². The van der Waals surface area contributed by atoms with Gasteiger partial charge >= 0.3 is 0 Å². The van der Waals surface area contributed by atoms with E-state index in [0.29, 0.717) is 18.2 Å². The molecule has 1 N–H and O–H groups in total. The van der Waals surface area contributed by atoms with E-state index in [9.17, 15) is 4.79 Å². The van der Waals surface area contributed by atoms with E-state index in [1.54, 1.807) is 0 Å². The third-order valence-corrected chi connectivity index (χ3v) is 4.80. The first-order valence-electron chi connectivity index (χ1n) is 9.50. The molecule has 2 aliphatic rings. The standard InChI is InChI=1S/C19H32N4O2/c1-13-11-22(12-14(2)25-13)9-8-20-18(24)17-10-16(15-6-7-15)21-23(17)19(3,4)5/h10,13-15H,6-9,11-12H2,1-5H3,(H,20,24)/t13-,14+. The molecule has 1 amide bonds. The van der Waals surface area contributed by atoms with E-state index in [0.717, 1.165) is 25.3 Å². The van der Waals surface area contributed by atoms with Gasteiger partial charge in [0.05, 0.1) is 23.4 Å². The molecule has 0 spiro atoms. The van der Waals surface area contributed by atoms with Crippen LogP contribution in [0.1, 0.15) is 69.6 Å². The summed E-state index contributed by atoms with van der Waals surface area (Å²) in [5, 5.41) is 7.79. The van der Waals surface area contributed by atoms with Gasteiger partial charge in [-0.25, -0.2) is 0 Å². The van der Waals surface area contributed by atoms with E-state index in [-0.39, 0.29) is 23.7 Å². The summed E-state index contributed by atoms with van der Waals surface area (Å²) in [6, 6.07) is 1.98. The highest BCUT2D eigenvalue weighted by Crippen LogP contribution is 2.40. The largest absolute Gasteiger partial charge is 0.373 e. The summed E-state index contributed by atoms with van der Waals surface area (Å²) in [5.74, 6) is 0.523. The normalized spacial score (nSPS) is 25.2. The monoisotopic (exact) mass is 348 g/mol. The SMILES string of the molecule is C[C@@H]1CN(CCNC(=O)c2cc(C3CC3)nn2C(C)(C)C)C[C@H](C)O1. The topological polar surface area (TPSA) is 59.4 Å². The van der Waals surface area contributed by atoms with Crippen molar-refractivity contribution in [2.45, 2.75) is 71.1 Å². The lowest BCUT2D eigenvalue weighted by Gasteiger charge is -2.35. The number of hydrogen-bond acceptors (Lipinski definition) is 4. The van der Waals surface area contributed by atoms with Gasteiger partial charge in [-0.15, -0.1) is 0 Å². The Kier molecular flexibility index (Phi) is 5.21. The van der Waals surface area contributed by atoms with Crippen LogP contribution in [0.5, 0.6) is 0 Å². The van der Waals surface area contributed by atoms with E-state index in [1.165, 1.54) is 12.8 Å². The highest BCUT2D eigenvalue weighted by atomic mass is 16.5. The zero-order valence-electron chi connectivity index (χ0n) is 16.2.